The van der Waals surface area contributed by atoms with Gasteiger partial charge in [0.25, 0.3) is 0 Å². The lowest BCUT2D eigenvalue weighted by Gasteiger charge is -2.13. The van der Waals surface area contributed by atoms with Crippen molar-refractivity contribution in [3.8, 4) is 5.82 Å². The number of aromatic nitrogens is 2. The molecule has 5 heteroatoms. The molecule has 0 aliphatic heterocycles. The fourth-order valence-electron chi connectivity index (χ4n) is 1.51. The van der Waals surface area contributed by atoms with Gasteiger partial charge in [-0.1, -0.05) is 0 Å². The van der Waals surface area contributed by atoms with Gasteiger partial charge in [-0.3, -0.25) is 0 Å². The van der Waals surface area contributed by atoms with E-state index in [4.69, 9.17) is 0 Å². The molecule has 0 N–H and O–H groups in total. The van der Waals surface area contributed by atoms with Crippen LogP contribution in [0.25, 0.3) is 5.82 Å². The van der Waals surface area contributed by atoms with Crippen molar-refractivity contribution in [2.45, 2.75) is 13.1 Å². The van der Waals surface area contributed by atoms with Gasteiger partial charge < -0.3 is 4.57 Å². The molecule has 2 aromatic heterocycles. The van der Waals surface area contributed by atoms with E-state index in [1.807, 2.05) is 0 Å². The van der Waals surface area contributed by atoms with Crippen LogP contribution in [0.5, 0.6) is 0 Å². The first-order valence-electron chi connectivity index (χ1n) is 4.66. The number of alkyl halides is 3. The Morgan fingerprint density at radius 3 is 2.50 bits per heavy atom. The normalized spacial score (nSPS) is 11.8. The highest BCUT2D eigenvalue weighted by Crippen LogP contribution is 2.32. The van der Waals surface area contributed by atoms with Gasteiger partial charge in [-0.2, -0.15) is 13.2 Å². The van der Waals surface area contributed by atoms with E-state index in [1.165, 1.54) is 16.8 Å². The summed E-state index contributed by atoms with van der Waals surface area (Å²) in [5.41, 5.74) is -0.0153. The zero-order valence-electron chi connectivity index (χ0n) is 8.49. The molecule has 2 rings (SSSR count). The lowest BCUT2D eigenvalue weighted by molar-refractivity contribution is -0.137. The first-order chi connectivity index (χ1) is 7.50. The highest BCUT2D eigenvalue weighted by molar-refractivity contribution is 5.38. The lowest BCUT2D eigenvalue weighted by Crippen LogP contribution is -2.12. The van der Waals surface area contributed by atoms with Crippen molar-refractivity contribution in [3.05, 3.63) is 47.9 Å². The van der Waals surface area contributed by atoms with Crippen LogP contribution >= 0.6 is 0 Å². The first kappa shape index (κ1) is 10.7. The van der Waals surface area contributed by atoms with E-state index < -0.39 is 11.7 Å². The average molecular weight is 226 g/mol. The van der Waals surface area contributed by atoms with Gasteiger partial charge in [-0.05, 0) is 31.2 Å². The van der Waals surface area contributed by atoms with Crippen LogP contribution in [0.4, 0.5) is 13.2 Å². The summed E-state index contributed by atoms with van der Waals surface area (Å²) in [6.07, 6.45) is -1.47. The predicted octanol–water partition coefficient (Wildman–Crippen LogP) is 3.20. The summed E-state index contributed by atoms with van der Waals surface area (Å²) in [6.45, 7) is 1.73. The number of halogens is 3. The Bertz CT molecular complexity index is 500. The van der Waals surface area contributed by atoms with Crippen molar-refractivity contribution in [1.29, 1.82) is 0 Å². The maximum absolute atomic E-state index is 12.7. The Kier molecular flexibility index (Phi) is 2.46. The van der Waals surface area contributed by atoms with E-state index >= 15 is 0 Å². The van der Waals surface area contributed by atoms with Crippen LogP contribution in [-0.2, 0) is 6.18 Å². The van der Waals surface area contributed by atoms with Crippen molar-refractivity contribution in [2.75, 3.05) is 0 Å². The molecule has 0 aliphatic rings. The van der Waals surface area contributed by atoms with E-state index in [0.717, 1.165) is 6.07 Å². The van der Waals surface area contributed by atoms with Gasteiger partial charge in [0.2, 0.25) is 0 Å². The minimum Gasteiger partial charge on any atom is -0.305 e. The van der Waals surface area contributed by atoms with Gasteiger partial charge in [0, 0.05) is 18.1 Å². The van der Waals surface area contributed by atoms with Crippen LogP contribution in [0, 0.1) is 6.92 Å². The van der Waals surface area contributed by atoms with Crippen LogP contribution in [0.1, 0.15) is 11.3 Å². The van der Waals surface area contributed by atoms with Crippen molar-refractivity contribution in [2.24, 2.45) is 0 Å². The molecule has 0 radical (unpaired) electrons. The van der Waals surface area contributed by atoms with Crippen LogP contribution < -0.4 is 0 Å². The zero-order valence-corrected chi connectivity index (χ0v) is 8.49. The number of aryl methyl sites for hydroxylation is 1. The molecule has 0 bridgehead atoms. The monoisotopic (exact) mass is 226 g/mol. The molecule has 0 amide bonds. The van der Waals surface area contributed by atoms with Crippen LogP contribution in [-0.4, -0.2) is 9.55 Å². The highest BCUT2D eigenvalue weighted by atomic mass is 19.4. The Hall–Kier alpha value is -1.78. The third-order valence-corrected chi connectivity index (χ3v) is 2.27. The molecule has 0 saturated heterocycles. The molecular weight excluding hydrogens is 217 g/mol. The molecule has 2 aromatic rings. The van der Waals surface area contributed by atoms with Crippen molar-refractivity contribution in [3.63, 3.8) is 0 Å². The molecule has 0 spiro atoms. The largest absolute Gasteiger partial charge is 0.419 e. The van der Waals surface area contributed by atoms with Gasteiger partial charge in [-0.15, -0.1) is 0 Å². The Labute approximate surface area is 90.4 Å². The van der Waals surface area contributed by atoms with Crippen molar-refractivity contribution in [1.82, 2.24) is 9.55 Å². The second-order valence-corrected chi connectivity index (χ2v) is 3.39. The van der Waals surface area contributed by atoms with E-state index in [1.54, 1.807) is 25.3 Å². The van der Waals surface area contributed by atoms with Crippen LogP contribution in [0.2, 0.25) is 0 Å². The van der Waals surface area contributed by atoms with Crippen LogP contribution in [0.3, 0.4) is 0 Å². The average Bonchev–Trinajstić information content (AvgIpc) is 2.63. The molecule has 0 unspecified atom stereocenters. The molecule has 0 fully saturated rings. The van der Waals surface area contributed by atoms with E-state index in [0.29, 0.717) is 5.69 Å². The van der Waals surface area contributed by atoms with Gasteiger partial charge >= 0.3 is 6.18 Å². The summed E-state index contributed by atoms with van der Waals surface area (Å²) in [5.74, 6) is -0.0856. The molecule has 84 valence electrons. The van der Waals surface area contributed by atoms with Crippen LogP contribution in [0.15, 0.2) is 36.7 Å². The minimum atomic E-state index is -4.39. The molecular formula is C11H9F3N2. The van der Waals surface area contributed by atoms with E-state index in [-0.39, 0.29) is 5.82 Å². The predicted molar refractivity (Wildman–Crippen MR) is 53.3 cm³/mol. The van der Waals surface area contributed by atoms with Gasteiger partial charge in [0.15, 0.2) is 0 Å². The quantitative estimate of drug-likeness (QED) is 0.730. The summed E-state index contributed by atoms with van der Waals surface area (Å²) >= 11 is 0. The van der Waals surface area contributed by atoms with E-state index in [2.05, 4.69) is 4.98 Å². The summed E-state index contributed by atoms with van der Waals surface area (Å²) < 4.78 is 39.6. The van der Waals surface area contributed by atoms with Crippen molar-refractivity contribution >= 4 is 0 Å². The second kappa shape index (κ2) is 3.66. The Balaban J connectivity index is 2.62. The SMILES string of the molecule is Cc1cccn1-c1ncccc1C(F)(F)F. The number of hydrogen-bond donors (Lipinski definition) is 0. The van der Waals surface area contributed by atoms with Crippen molar-refractivity contribution < 1.29 is 13.2 Å². The first-order valence-corrected chi connectivity index (χ1v) is 4.66. The number of pyridine rings is 1. The Morgan fingerprint density at radius 2 is 1.94 bits per heavy atom. The molecule has 0 aliphatic carbocycles. The molecule has 2 heterocycles. The topological polar surface area (TPSA) is 17.8 Å². The fraction of sp³-hybridized carbons (Fsp3) is 0.182. The third-order valence-electron chi connectivity index (χ3n) is 2.27. The molecule has 16 heavy (non-hydrogen) atoms. The molecule has 0 aromatic carbocycles. The summed E-state index contributed by atoms with van der Waals surface area (Å²) in [6, 6.07) is 5.73. The standard InChI is InChI=1S/C11H9F3N2/c1-8-4-3-7-16(8)10-9(11(12,13)14)5-2-6-15-10/h2-7H,1H3. The molecule has 0 saturated carbocycles. The maximum Gasteiger partial charge on any atom is 0.419 e. The number of hydrogen-bond acceptors (Lipinski definition) is 1. The summed E-state index contributed by atoms with van der Waals surface area (Å²) in [4.78, 5) is 3.79. The zero-order chi connectivity index (χ0) is 11.8. The van der Waals surface area contributed by atoms with Gasteiger partial charge in [-0.25, -0.2) is 4.98 Å². The fourth-order valence-corrected chi connectivity index (χ4v) is 1.51. The maximum atomic E-state index is 12.7. The summed E-state index contributed by atoms with van der Waals surface area (Å²) in [5, 5.41) is 0. The number of rotatable bonds is 1. The number of nitrogens with zero attached hydrogens (tertiary/aromatic N) is 2. The minimum absolute atomic E-state index is 0.0856. The molecule has 2 nitrogen and oxygen atoms in total. The Morgan fingerprint density at radius 1 is 1.19 bits per heavy atom. The third kappa shape index (κ3) is 1.80. The lowest BCUT2D eigenvalue weighted by atomic mass is 10.2. The van der Waals surface area contributed by atoms with E-state index in [9.17, 15) is 13.2 Å². The second-order valence-electron chi connectivity index (χ2n) is 3.39. The highest BCUT2D eigenvalue weighted by Gasteiger charge is 2.34. The van der Waals surface area contributed by atoms with Gasteiger partial charge in [0.05, 0.1) is 5.56 Å². The molecule has 0 atom stereocenters. The summed E-state index contributed by atoms with van der Waals surface area (Å²) in [7, 11) is 0. The van der Waals surface area contributed by atoms with Gasteiger partial charge in [0.1, 0.15) is 5.82 Å². The smallest absolute Gasteiger partial charge is 0.305 e.